The molecule has 1 amide bonds. The SMILES string of the molecule is CC1CN(C)CCC1NC(=O)c1cc(N)ncc1[N+](=O)[O-]. The van der Waals surface area contributed by atoms with E-state index in [9.17, 15) is 14.9 Å². The quantitative estimate of drug-likeness (QED) is 0.624. The van der Waals surface area contributed by atoms with Gasteiger partial charge in [0, 0.05) is 12.6 Å². The van der Waals surface area contributed by atoms with Crippen LogP contribution in [0.4, 0.5) is 11.5 Å². The van der Waals surface area contributed by atoms with Gasteiger partial charge in [-0.3, -0.25) is 14.9 Å². The summed E-state index contributed by atoms with van der Waals surface area (Å²) >= 11 is 0. The molecule has 8 nitrogen and oxygen atoms in total. The summed E-state index contributed by atoms with van der Waals surface area (Å²) in [6.45, 7) is 3.82. The van der Waals surface area contributed by atoms with Crippen molar-refractivity contribution in [1.29, 1.82) is 0 Å². The number of carbonyl (C=O) groups is 1. The highest BCUT2D eigenvalue weighted by molar-refractivity contribution is 5.98. The highest BCUT2D eigenvalue weighted by atomic mass is 16.6. The maximum absolute atomic E-state index is 12.3. The number of aromatic nitrogens is 1. The molecule has 2 heterocycles. The number of amides is 1. The summed E-state index contributed by atoms with van der Waals surface area (Å²) < 4.78 is 0. The first kappa shape index (κ1) is 15.2. The van der Waals surface area contributed by atoms with E-state index >= 15 is 0 Å². The molecular formula is C13H19N5O3. The van der Waals surface area contributed by atoms with Gasteiger partial charge < -0.3 is 16.0 Å². The molecule has 21 heavy (non-hydrogen) atoms. The molecule has 2 unspecified atom stereocenters. The predicted octanol–water partition coefficient (Wildman–Crippen LogP) is 0.642. The fourth-order valence-corrected chi connectivity index (χ4v) is 2.61. The summed E-state index contributed by atoms with van der Waals surface area (Å²) in [5.41, 5.74) is 5.15. The van der Waals surface area contributed by atoms with E-state index in [1.54, 1.807) is 0 Å². The lowest BCUT2D eigenvalue weighted by atomic mass is 9.94. The first-order chi connectivity index (χ1) is 9.88. The Bertz CT molecular complexity index is 563. The number of piperidine rings is 1. The molecule has 1 fully saturated rings. The molecule has 0 bridgehead atoms. The second kappa shape index (κ2) is 6.04. The number of rotatable bonds is 3. The fraction of sp³-hybridized carbons (Fsp3) is 0.538. The molecule has 114 valence electrons. The number of likely N-dealkylation sites (tertiary alicyclic amines) is 1. The number of nitrogens with zero attached hydrogens (tertiary/aromatic N) is 3. The minimum Gasteiger partial charge on any atom is -0.384 e. The molecule has 1 aromatic heterocycles. The van der Waals surface area contributed by atoms with E-state index in [4.69, 9.17) is 5.73 Å². The summed E-state index contributed by atoms with van der Waals surface area (Å²) in [4.78, 5) is 28.5. The van der Waals surface area contributed by atoms with E-state index in [2.05, 4.69) is 22.1 Å². The summed E-state index contributed by atoms with van der Waals surface area (Å²) in [5, 5.41) is 13.8. The molecular weight excluding hydrogens is 274 g/mol. The topological polar surface area (TPSA) is 114 Å². The molecule has 0 saturated carbocycles. The standard InChI is InChI=1S/C13H19N5O3/c1-8-7-17(2)4-3-10(8)16-13(19)9-5-12(14)15-6-11(9)18(20)21/h5-6,8,10H,3-4,7H2,1-2H3,(H2,14,15)(H,16,19). The van der Waals surface area contributed by atoms with Crippen LogP contribution in [0.25, 0.3) is 0 Å². The minimum atomic E-state index is -0.626. The zero-order chi connectivity index (χ0) is 15.6. The first-order valence-corrected chi connectivity index (χ1v) is 6.77. The lowest BCUT2D eigenvalue weighted by molar-refractivity contribution is -0.385. The van der Waals surface area contributed by atoms with Crippen LogP contribution in [0.3, 0.4) is 0 Å². The van der Waals surface area contributed by atoms with Crippen molar-refractivity contribution in [1.82, 2.24) is 15.2 Å². The van der Waals surface area contributed by atoms with Crippen molar-refractivity contribution < 1.29 is 9.72 Å². The van der Waals surface area contributed by atoms with Crippen molar-refractivity contribution in [3.05, 3.63) is 27.9 Å². The van der Waals surface area contributed by atoms with Gasteiger partial charge in [0.1, 0.15) is 17.6 Å². The monoisotopic (exact) mass is 293 g/mol. The zero-order valence-electron chi connectivity index (χ0n) is 12.1. The predicted molar refractivity (Wildman–Crippen MR) is 77.8 cm³/mol. The average molecular weight is 293 g/mol. The third-order valence-corrected chi connectivity index (χ3v) is 3.77. The van der Waals surface area contributed by atoms with Crippen molar-refractivity contribution in [2.45, 2.75) is 19.4 Å². The smallest absolute Gasteiger partial charge is 0.300 e. The lowest BCUT2D eigenvalue weighted by Gasteiger charge is -2.35. The number of nitro groups is 1. The van der Waals surface area contributed by atoms with Gasteiger partial charge in [0.15, 0.2) is 0 Å². The Morgan fingerprint density at radius 3 is 2.95 bits per heavy atom. The molecule has 0 aliphatic carbocycles. The Hall–Kier alpha value is -2.22. The van der Waals surface area contributed by atoms with Crippen LogP contribution in [-0.4, -0.2) is 46.9 Å². The average Bonchev–Trinajstić information content (AvgIpc) is 2.41. The highest BCUT2D eigenvalue weighted by Crippen LogP contribution is 2.21. The van der Waals surface area contributed by atoms with Gasteiger partial charge in [-0.2, -0.15) is 0 Å². The van der Waals surface area contributed by atoms with Crippen molar-refractivity contribution in [3.8, 4) is 0 Å². The van der Waals surface area contributed by atoms with Gasteiger partial charge >= 0.3 is 0 Å². The third kappa shape index (κ3) is 3.46. The van der Waals surface area contributed by atoms with Crippen LogP contribution in [0.2, 0.25) is 0 Å². The first-order valence-electron chi connectivity index (χ1n) is 6.77. The van der Waals surface area contributed by atoms with E-state index in [0.717, 1.165) is 25.7 Å². The Labute approximate surface area is 122 Å². The molecule has 1 saturated heterocycles. The van der Waals surface area contributed by atoms with Crippen LogP contribution in [0.1, 0.15) is 23.7 Å². The lowest BCUT2D eigenvalue weighted by Crippen LogP contribution is -2.48. The highest BCUT2D eigenvalue weighted by Gasteiger charge is 2.28. The van der Waals surface area contributed by atoms with Crippen molar-refractivity contribution in [2.24, 2.45) is 5.92 Å². The van der Waals surface area contributed by atoms with E-state index < -0.39 is 10.8 Å². The second-order valence-corrected chi connectivity index (χ2v) is 5.49. The van der Waals surface area contributed by atoms with Gasteiger partial charge in [-0.15, -0.1) is 0 Å². The number of anilines is 1. The Morgan fingerprint density at radius 2 is 2.33 bits per heavy atom. The second-order valence-electron chi connectivity index (χ2n) is 5.49. The Kier molecular flexibility index (Phi) is 4.37. The minimum absolute atomic E-state index is 0.00249. The molecule has 2 rings (SSSR count). The number of carbonyl (C=O) groups excluding carboxylic acids is 1. The summed E-state index contributed by atoms with van der Waals surface area (Å²) in [7, 11) is 2.03. The third-order valence-electron chi connectivity index (χ3n) is 3.77. The normalized spacial score (nSPS) is 22.8. The van der Waals surface area contributed by atoms with E-state index in [1.807, 2.05) is 7.05 Å². The van der Waals surface area contributed by atoms with E-state index in [0.29, 0.717) is 0 Å². The van der Waals surface area contributed by atoms with Crippen molar-refractivity contribution >= 4 is 17.4 Å². The number of hydrogen-bond acceptors (Lipinski definition) is 6. The molecule has 1 aromatic rings. The summed E-state index contributed by atoms with van der Waals surface area (Å²) in [6, 6.07) is 1.25. The summed E-state index contributed by atoms with van der Waals surface area (Å²) in [5.74, 6) is -0.106. The van der Waals surface area contributed by atoms with Crippen molar-refractivity contribution in [2.75, 3.05) is 25.9 Å². The maximum atomic E-state index is 12.3. The largest absolute Gasteiger partial charge is 0.384 e. The van der Waals surface area contributed by atoms with Gasteiger partial charge in [0.2, 0.25) is 0 Å². The number of nitrogens with one attached hydrogen (secondary N) is 1. The molecule has 1 aliphatic rings. The van der Waals surface area contributed by atoms with Crippen LogP contribution >= 0.6 is 0 Å². The molecule has 8 heteroatoms. The fourth-order valence-electron chi connectivity index (χ4n) is 2.61. The van der Waals surface area contributed by atoms with Crippen LogP contribution in [0.15, 0.2) is 12.3 Å². The number of nitrogens with two attached hydrogens (primary N) is 1. The Morgan fingerprint density at radius 1 is 1.62 bits per heavy atom. The molecule has 1 aliphatic heterocycles. The molecule has 0 aromatic carbocycles. The summed E-state index contributed by atoms with van der Waals surface area (Å²) in [6.07, 6.45) is 1.83. The Balaban J connectivity index is 2.17. The zero-order valence-corrected chi connectivity index (χ0v) is 12.1. The number of nitrogen functional groups attached to an aromatic ring is 1. The molecule has 2 atom stereocenters. The van der Waals surface area contributed by atoms with Crippen LogP contribution in [-0.2, 0) is 0 Å². The van der Waals surface area contributed by atoms with Gasteiger partial charge in [0.25, 0.3) is 11.6 Å². The molecule has 0 radical (unpaired) electrons. The van der Waals surface area contributed by atoms with Gasteiger partial charge in [-0.1, -0.05) is 6.92 Å². The molecule has 0 spiro atoms. The van der Waals surface area contributed by atoms with Crippen LogP contribution in [0.5, 0.6) is 0 Å². The van der Waals surface area contributed by atoms with Crippen molar-refractivity contribution in [3.63, 3.8) is 0 Å². The van der Waals surface area contributed by atoms with Crippen LogP contribution in [0, 0.1) is 16.0 Å². The van der Waals surface area contributed by atoms with Gasteiger partial charge in [-0.25, -0.2) is 4.98 Å². The number of hydrogen-bond donors (Lipinski definition) is 2. The van der Waals surface area contributed by atoms with E-state index in [1.165, 1.54) is 6.07 Å². The number of pyridine rings is 1. The van der Waals surface area contributed by atoms with Crippen LogP contribution < -0.4 is 11.1 Å². The maximum Gasteiger partial charge on any atom is 0.300 e. The molecule has 3 N–H and O–H groups in total. The van der Waals surface area contributed by atoms with Gasteiger partial charge in [0.05, 0.1) is 4.92 Å². The van der Waals surface area contributed by atoms with Gasteiger partial charge in [-0.05, 0) is 32.0 Å². The van der Waals surface area contributed by atoms with E-state index in [-0.39, 0.29) is 29.0 Å².